The predicted molar refractivity (Wildman–Crippen MR) is 522 cm³/mol. The number of morpholine rings is 1. The third kappa shape index (κ3) is 38.3. The Morgan fingerprint density at radius 2 is 0.856 bits per heavy atom. The molecule has 25 nitrogen and oxygen atoms in total. The summed E-state index contributed by atoms with van der Waals surface area (Å²) in [6.45, 7) is 74.1. The lowest BCUT2D eigenvalue weighted by Crippen LogP contribution is -2.62. The monoisotopic (exact) mass is 1770 g/mol. The number of rotatable bonds is 35. The maximum atomic E-state index is 11.6. The number of piperidine rings is 6. The highest BCUT2D eigenvalue weighted by atomic mass is 28.4. The first kappa shape index (κ1) is 108. The summed E-state index contributed by atoms with van der Waals surface area (Å²) in [5.74, 6) is 4.60. The highest BCUT2D eigenvalue weighted by Gasteiger charge is 2.48. The lowest BCUT2D eigenvalue weighted by atomic mass is 9.78. The molecule has 1 aliphatic carbocycles. The molecule has 7 N–H and O–H groups in total. The number of carbonyl (C=O) groups is 2. The fourth-order valence-corrected chi connectivity index (χ4v) is 24.7. The molecule has 125 heavy (non-hydrogen) atoms. The van der Waals surface area contributed by atoms with E-state index in [0.717, 1.165) is 158 Å². The molecule has 0 radical (unpaired) electrons. The Kier molecular flexibility index (Phi) is 39.5. The minimum absolute atomic E-state index is 0.00574. The van der Waals surface area contributed by atoms with Crippen molar-refractivity contribution in [3.63, 3.8) is 0 Å². The summed E-state index contributed by atoms with van der Waals surface area (Å²) in [6, 6.07) is 3.49. The highest BCUT2D eigenvalue weighted by molar-refractivity contribution is 6.69. The fraction of sp³-hybridized carbons (Fsp3) is 0.919. The molecule has 0 atom stereocenters. The number of hydrogen-bond acceptors (Lipinski definition) is 25. The van der Waals surface area contributed by atoms with Gasteiger partial charge in [0, 0.05) is 150 Å². The molecule has 2 aromatic rings. The Hall–Kier alpha value is -3.90. The third-order valence-electron chi connectivity index (χ3n) is 27.3. The van der Waals surface area contributed by atoms with E-state index in [0.29, 0.717) is 49.5 Å². The first-order chi connectivity index (χ1) is 57.6. The molecule has 1 saturated carbocycles. The number of ether oxygens (including phenoxy) is 4. The van der Waals surface area contributed by atoms with Crippen LogP contribution in [0.15, 0.2) is 0 Å². The van der Waals surface area contributed by atoms with E-state index in [9.17, 15) is 14.4 Å². The van der Waals surface area contributed by atoms with Gasteiger partial charge in [0.1, 0.15) is 24.0 Å². The number of nitrogens with zero attached hydrogens (tertiary/aromatic N) is 12. The molecule has 8 aliphatic rings. The second kappa shape index (κ2) is 45.7. The van der Waals surface area contributed by atoms with Gasteiger partial charge in [-0.3, -0.25) is 9.69 Å². The van der Waals surface area contributed by atoms with Gasteiger partial charge in [0.2, 0.25) is 23.8 Å². The average molecular weight is 1770 g/mol. The van der Waals surface area contributed by atoms with Gasteiger partial charge in [-0.05, 0) is 355 Å². The first-order valence-electron chi connectivity index (χ1n) is 49.4. The predicted octanol–water partition coefficient (Wildman–Crippen LogP) is 17.2. The Morgan fingerprint density at radius 3 is 1.26 bits per heavy atom. The van der Waals surface area contributed by atoms with Crippen LogP contribution in [0.4, 0.5) is 23.8 Å². The molecular weight excluding hydrogens is 1580 g/mol. The molecule has 9 heterocycles. The quantitative estimate of drug-likeness (QED) is 0.0192. The van der Waals surface area contributed by atoms with Crippen molar-refractivity contribution in [1.82, 2.24) is 71.2 Å². The number of esters is 1. The van der Waals surface area contributed by atoms with Crippen molar-refractivity contribution in [2.45, 2.75) is 495 Å². The second-order valence-corrected chi connectivity index (χ2v) is 52.4. The van der Waals surface area contributed by atoms with Gasteiger partial charge in [-0.15, -0.1) is 0 Å². The van der Waals surface area contributed by atoms with Crippen LogP contribution >= 0.6 is 0 Å². The van der Waals surface area contributed by atoms with E-state index < -0.39 is 8.32 Å². The number of ketones is 1. The lowest BCUT2D eigenvalue weighted by Gasteiger charge is -2.55. The smallest absolute Gasteiger partial charge is 0.306 e. The number of nitrogens with one attached hydrogen (secondary N) is 6. The zero-order chi connectivity index (χ0) is 93.2. The fourth-order valence-electron chi connectivity index (χ4n) is 23.7. The van der Waals surface area contributed by atoms with Crippen molar-refractivity contribution < 1.29 is 33.3 Å². The van der Waals surface area contributed by atoms with Crippen LogP contribution in [0.25, 0.3) is 0 Å². The van der Waals surface area contributed by atoms with Crippen LogP contribution < -0.4 is 46.6 Å². The van der Waals surface area contributed by atoms with Gasteiger partial charge in [-0.25, -0.2) is 0 Å². The van der Waals surface area contributed by atoms with Crippen LogP contribution in [-0.2, 0) is 28.5 Å². The molecular formula is C99H190N18O7Si. The van der Waals surface area contributed by atoms with Crippen LogP contribution in [0.1, 0.15) is 365 Å². The Labute approximate surface area is 764 Å². The molecule has 0 amide bonds. The normalized spacial score (nSPS) is 23.8. The van der Waals surface area contributed by atoms with E-state index in [1.54, 1.807) is 7.11 Å². The minimum atomic E-state index is -1.89. The molecule has 2 aromatic heterocycles. The van der Waals surface area contributed by atoms with Crippen molar-refractivity contribution >= 4 is 43.9 Å². The van der Waals surface area contributed by atoms with Gasteiger partial charge in [-0.1, -0.05) is 44.9 Å². The zero-order valence-corrected chi connectivity index (χ0v) is 87.1. The van der Waals surface area contributed by atoms with E-state index in [1.165, 1.54) is 116 Å². The van der Waals surface area contributed by atoms with Crippen molar-refractivity contribution in [2.75, 3.05) is 113 Å². The van der Waals surface area contributed by atoms with Crippen LogP contribution in [-0.4, -0.2) is 272 Å². The molecule has 0 spiro atoms. The van der Waals surface area contributed by atoms with E-state index in [4.69, 9.17) is 48.9 Å². The SMILES string of the molecule is CC1(C)CC(OCCC[Si](C)(C)O)CC(C)(C)N1.COC1CC(C)(C)N(CCOC(=O)CCC(C)=O)C(C)(C)C1.Cc1nc(N2CCOCC2)nc(N(CCCCCCN(C)C2CC(C)(C)NC(C)(C)C2)C2CC(C)(C)NC(C)(C)C2)n1.Cc1nc(NC2CCCCC2)nc(N(CCCCCCN(C)C2CC(C)(C)NC(C)(C)C2)C2CC(C)(C)NC(C)(C)C2)n1. The number of anilines is 4. The van der Waals surface area contributed by atoms with Crippen molar-refractivity contribution in [2.24, 2.45) is 0 Å². The summed E-state index contributed by atoms with van der Waals surface area (Å²) >= 11 is 0. The van der Waals surface area contributed by atoms with Crippen molar-refractivity contribution in [3.05, 3.63) is 11.6 Å². The summed E-state index contributed by atoms with van der Waals surface area (Å²) < 4.78 is 22.4. The number of aryl methyl sites for hydroxylation is 2. The molecule has 0 aromatic carbocycles. The molecule has 0 bridgehead atoms. The minimum Gasteiger partial charge on any atom is -0.464 e. The van der Waals surface area contributed by atoms with E-state index in [1.807, 2.05) is 26.9 Å². The van der Waals surface area contributed by atoms with Crippen molar-refractivity contribution in [3.8, 4) is 0 Å². The molecule has 722 valence electrons. The van der Waals surface area contributed by atoms with E-state index >= 15 is 0 Å². The van der Waals surface area contributed by atoms with Gasteiger partial charge in [-0.2, -0.15) is 29.9 Å². The lowest BCUT2D eigenvalue weighted by molar-refractivity contribution is -0.148. The largest absolute Gasteiger partial charge is 0.464 e. The summed E-state index contributed by atoms with van der Waals surface area (Å²) in [5.41, 5.74) is 1.31. The van der Waals surface area contributed by atoms with Crippen LogP contribution in [0, 0.1) is 13.8 Å². The highest BCUT2D eigenvalue weighted by Crippen LogP contribution is 2.42. The Balaban J connectivity index is 0.000000243. The third-order valence-corrected chi connectivity index (χ3v) is 28.9. The van der Waals surface area contributed by atoms with Crippen LogP contribution in [0.3, 0.4) is 0 Å². The first-order valence-corrected chi connectivity index (χ1v) is 52.5. The summed E-state index contributed by atoms with van der Waals surface area (Å²) in [7, 11) is 4.55. The molecule has 26 heteroatoms. The molecule has 7 aliphatic heterocycles. The summed E-state index contributed by atoms with van der Waals surface area (Å²) in [6.07, 6.45) is 31.4. The number of aromatic nitrogens is 6. The van der Waals surface area contributed by atoms with Gasteiger partial charge < -0.3 is 84.9 Å². The van der Waals surface area contributed by atoms with Gasteiger partial charge in [0.05, 0.1) is 31.8 Å². The van der Waals surface area contributed by atoms with Gasteiger partial charge >= 0.3 is 5.97 Å². The number of hydrogen-bond donors (Lipinski definition) is 7. The number of carbonyl (C=O) groups excluding carboxylic acids is 2. The summed E-state index contributed by atoms with van der Waals surface area (Å²) in [4.78, 5) is 76.7. The Morgan fingerprint density at radius 1 is 0.472 bits per heavy atom. The maximum Gasteiger partial charge on any atom is 0.306 e. The van der Waals surface area contributed by atoms with Gasteiger partial charge in [0.15, 0.2) is 8.32 Å². The second-order valence-electron chi connectivity index (χ2n) is 48.2. The molecule has 7 saturated heterocycles. The van der Waals surface area contributed by atoms with E-state index in [-0.39, 0.29) is 97.2 Å². The molecule has 0 unspecified atom stereocenters. The average Bonchev–Trinajstić information content (AvgIpc) is 0.779. The zero-order valence-electron chi connectivity index (χ0n) is 86.1. The maximum absolute atomic E-state index is 11.6. The van der Waals surface area contributed by atoms with E-state index in [2.05, 4.69) is 242 Å². The van der Waals surface area contributed by atoms with Crippen molar-refractivity contribution in [1.29, 1.82) is 0 Å². The number of likely N-dealkylation sites (tertiary alicyclic amines) is 1. The van der Waals surface area contributed by atoms with Crippen LogP contribution in [0.2, 0.25) is 19.1 Å². The Bertz CT molecular complexity index is 3490. The van der Waals surface area contributed by atoms with Crippen LogP contribution in [0.5, 0.6) is 0 Å². The molecule has 8 fully saturated rings. The summed E-state index contributed by atoms with van der Waals surface area (Å²) in [5, 5.41) is 22.7. The number of methoxy groups -OCH3 is 1. The van der Waals surface area contributed by atoms with Gasteiger partial charge in [0.25, 0.3) is 0 Å². The topological polar surface area (TPSA) is 260 Å². The number of Topliss-reactive ketones (excluding diaryl/α,β-unsaturated/α-hetero) is 1. The number of unbranched alkanes of at least 4 members (excludes halogenated alkanes) is 6. The molecule has 10 rings (SSSR count). The standard InChI is InChI=1S/C35H66N8.C33H62N8O.C17H31NO4.C14H31NO2Si/c1-26-36-30(38-27-18-14-13-15-19-27)39-31(37-26)43(29-24-34(6,7)41-35(8,9)25-29)21-17-12-11-16-20-42(10)28-22-32(2,3)40-33(4,5)23-28;1-25-34-28(40-17-19-42-20-18-40)36-29(35-25)41(27-23-32(6,7)38-33(8,9)24-27)16-14-12-11-13-15-39(10)26-21-30(2,3)37-31(4,5)22-26;1-13(19)7-8-15(20)22-10-9-18-16(2,3)11-14(21-6)12-17(18,4)5;1-13(2)10-12(11-14(3,4)15-13)17-8-7-9-18(5,6)16/h27-29,40-41H,11-25H2,1-10H3,(H,36,37,38,39);26-27,37-38H,11-24H2,1-10H3;14H,7-12H2,1-6H3;12,15-16H,7-11H2,1-6H3.